The third kappa shape index (κ3) is 14.2. The number of carbonyl (C=O) groups is 3. The maximum atomic E-state index is 13.5. The SMILES string of the molecule is CC(C)(C)OC(=O)NCCCC[C@H](N[C@H](CNC(=O)Nc1ccc(Cl)cc1Cl)Cc1ccccc1)C(=O)NCc1ccccc1. The zero-order valence-corrected chi connectivity index (χ0v) is 27.5. The molecule has 0 aliphatic heterocycles. The van der Waals surface area contributed by atoms with E-state index in [4.69, 9.17) is 27.9 Å². The van der Waals surface area contributed by atoms with Gasteiger partial charge < -0.3 is 31.3 Å². The van der Waals surface area contributed by atoms with Crippen LogP contribution in [0.4, 0.5) is 15.3 Å². The molecule has 0 aromatic heterocycles. The molecule has 242 valence electrons. The van der Waals surface area contributed by atoms with Crippen molar-refractivity contribution < 1.29 is 19.1 Å². The molecule has 0 heterocycles. The van der Waals surface area contributed by atoms with Crippen LogP contribution < -0.4 is 26.6 Å². The number of nitrogens with one attached hydrogen (secondary N) is 5. The first-order chi connectivity index (χ1) is 21.5. The van der Waals surface area contributed by atoms with E-state index in [1.807, 2.05) is 81.4 Å². The van der Waals surface area contributed by atoms with Crippen molar-refractivity contribution in [1.82, 2.24) is 21.3 Å². The second kappa shape index (κ2) is 18.2. The van der Waals surface area contributed by atoms with Crippen molar-refractivity contribution in [1.29, 1.82) is 0 Å². The van der Waals surface area contributed by atoms with Gasteiger partial charge in [-0.15, -0.1) is 0 Å². The van der Waals surface area contributed by atoms with Crippen LogP contribution in [0.5, 0.6) is 0 Å². The smallest absolute Gasteiger partial charge is 0.407 e. The van der Waals surface area contributed by atoms with Crippen LogP contribution in [-0.4, -0.2) is 48.8 Å². The number of amides is 4. The molecule has 0 fully saturated rings. The number of anilines is 1. The fourth-order valence-electron chi connectivity index (χ4n) is 4.52. The highest BCUT2D eigenvalue weighted by atomic mass is 35.5. The van der Waals surface area contributed by atoms with Crippen molar-refractivity contribution >= 4 is 46.9 Å². The van der Waals surface area contributed by atoms with Gasteiger partial charge >= 0.3 is 12.1 Å². The Hall–Kier alpha value is -3.79. The fourth-order valence-corrected chi connectivity index (χ4v) is 4.98. The molecule has 0 bridgehead atoms. The number of hydrogen-bond donors (Lipinski definition) is 5. The van der Waals surface area contributed by atoms with Gasteiger partial charge in [0.1, 0.15) is 5.60 Å². The summed E-state index contributed by atoms with van der Waals surface area (Å²) < 4.78 is 5.30. The standard InChI is InChI=1S/C34H43Cl2N5O4/c1-34(2,3)45-33(44)37-19-11-10-16-30(31(42)38-22-25-14-8-5-9-15-25)40-27(20-24-12-6-4-7-13-24)23-39-32(43)41-29-18-17-26(35)21-28(29)36/h4-9,12-15,17-18,21,27,30,40H,10-11,16,19-20,22-23H2,1-3H3,(H,37,44)(H,38,42)(H2,39,41,43)/t27-,30-/m0/s1. The van der Waals surface area contributed by atoms with Crippen LogP contribution >= 0.6 is 23.2 Å². The van der Waals surface area contributed by atoms with Crippen molar-refractivity contribution in [2.75, 3.05) is 18.4 Å². The van der Waals surface area contributed by atoms with Gasteiger partial charge in [0.15, 0.2) is 0 Å². The Bertz CT molecular complexity index is 1370. The van der Waals surface area contributed by atoms with E-state index in [0.717, 1.165) is 11.1 Å². The summed E-state index contributed by atoms with van der Waals surface area (Å²) in [6.45, 7) is 6.50. The van der Waals surface area contributed by atoms with Crippen molar-refractivity contribution in [3.8, 4) is 0 Å². The zero-order valence-electron chi connectivity index (χ0n) is 26.0. The van der Waals surface area contributed by atoms with Gasteiger partial charge in [0, 0.05) is 30.7 Å². The molecular weight excluding hydrogens is 613 g/mol. The summed E-state index contributed by atoms with van der Waals surface area (Å²) in [6, 6.07) is 23.2. The molecule has 4 amide bonds. The third-order valence-electron chi connectivity index (χ3n) is 6.66. The normalized spacial score (nSPS) is 12.5. The van der Waals surface area contributed by atoms with Crippen LogP contribution in [0.3, 0.4) is 0 Å². The summed E-state index contributed by atoms with van der Waals surface area (Å²) in [5.41, 5.74) is 1.91. The van der Waals surface area contributed by atoms with Crippen LogP contribution in [0.25, 0.3) is 0 Å². The van der Waals surface area contributed by atoms with Crippen LogP contribution in [0, 0.1) is 0 Å². The van der Waals surface area contributed by atoms with Gasteiger partial charge in [-0.3, -0.25) is 4.79 Å². The highest BCUT2D eigenvalue weighted by molar-refractivity contribution is 6.36. The Morgan fingerprint density at radius 2 is 1.49 bits per heavy atom. The Labute approximate surface area is 275 Å². The maximum absolute atomic E-state index is 13.5. The molecule has 0 aliphatic carbocycles. The summed E-state index contributed by atoms with van der Waals surface area (Å²) >= 11 is 12.2. The average molecular weight is 657 g/mol. The van der Waals surface area contributed by atoms with E-state index in [1.54, 1.807) is 18.2 Å². The number of unbranched alkanes of at least 4 members (excludes halogenated alkanes) is 1. The average Bonchev–Trinajstić information content (AvgIpc) is 2.99. The van der Waals surface area contributed by atoms with E-state index in [-0.39, 0.29) is 18.5 Å². The number of alkyl carbamates (subject to hydrolysis) is 1. The van der Waals surface area contributed by atoms with E-state index in [9.17, 15) is 14.4 Å². The Morgan fingerprint density at radius 1 is 0.822 bits per heavy atom. The highest BCUT2D eigenvalue weighted by Gasteiger charge is 2.23. The van der Waals surface area contributed by atoms with Crippen molar-refractivity contribution in [2.45, 2.75) is 70.7 Å². The number of halogens is 2. The number of urea groups is 1. The van der Waals surface area contributed by atoms with Gasteiger partial charge in [0.2, 0.25) is 5.91 Å². The molecule has 0 saturated heterocycles. The first-order valence-electron chi connectivity index (χ1n) is 15.1. The summed E-state index contributed by atoms with van der Waals surface area (Å²) in [4.78, 5) is 38.3. The Morgan fingerprint density at radius 3 is 2.13 bits per heavy atom. The molecule has 0 saturated carbocycles. The molecule has 0 unspecified atom stereocenters. The lowest BCUT2D eigenvalue weighted by molar-refractivity contribution is -0.123. The van der Waals surface area contributed by atoms with Crippen molar-refractivity contribution in [2.24, 2.45) is 0 Å². The second-order valence-electron chi connectivity index (χ2n) is 11.7. The number of ether oxygens (including phenoxy) is 1. The van der Waals surface area contributed by atoms with Gasteiger partial charge in [0.05, 0.1) is 16.8 Å². The van der Waals surface area contributed by atoms with Gasteiger partial charge in [0.25, 0.3) is 0 Å². The molecule has 3 aromatic carbocycles. The highest BCUT2D eigenvalue weighted by Crippen LogP contribution is 2.25. The molecule has 2 atom stereocenters. The molecule has 5 N–H and O–H groups in total. The van der Waals surface area contributed by atoms with Crippen LogP contribution in [0.1, 0.15) is 51.2 Å². The molecule has 0 spiro atoms. The van der Waals surface area contributed by atoms with Crippen LogP contribution in [0.15, 0.2) is 78.9 Å². The zero-order chi connectivity index (χ0) is 32.7. The molecule has 3 aromatic rings. The Balaban J connectivity index is 1.66. The quantitative estimate of drug-likeness (QED) is 0.117. The van der Waals surface area contributed by atoms with Crippen molar-refractivity contribution in [3.63, 3.8) is 0 Å². The minimum atomic E-state index is -0.574. The van der Waals surface area contributed by atoms with Crippen molar-refractivity contribution in [3.05, 3.63) is 100 Å². The van der Waals surface area contributed by atoms with Gasteiger partial charge in [-0.05, 0) is 75.8 Å². The predicted molar refractivity (Wildman–Crippen MR) is 181 cm³/mol. The molecule has 3 rings (SSSR count). The van der Waals surface area contributed by atoms with E-state index >= 15 is 0 Å². The lowest BCUT2D eigenvalue weighted by Gasteiger charge is -2.26. The largest absolute Gasteiger partial charge is 0.444 e. The second-order valence-corrected chi connectivity index (χ2v) is 12.5. The van der Waals surface area contributed by atoms with E-state index in [0.29, 0.717) is 54.5 Å². The first-order valence-corrected chi connectivity index (χ1v) is 15.8. The Kier molecular flexibility index (Phi) is 14.5. The number of benzene rings is 3. The molecule has 0 aliphatic rings. The lowest BCUT2D eigenvalue weighted by atomic mass is 10.0. The molecule has 45 heavy (non-hydrogen) atoms. The van der Waals surface area contributed by atoms with E-state index in [2.05, 4.69) is 26.6 Å². The predicted octanol–water partition coefficient (Wildman–Crippen LogP) is 6.70. The van der Waals surface area contributed by atoms with Gasteiger partial charge in [-0.25, -0.2) is 9.59 Å². The van der Waals surface area contributed by atoms with E-state index < -0.39 is 23.8 Å². The monoisotopic (exact) mass is 655 g/mol. The molecular formula is C34H43Cl2N5O4. The molecule has 9 nitrogen and oxygen atoms in total. The lowest BCUT2D eigenvalue weighted by Crippen LogP contribution is -2.52. The fraction of sp³-hybridized carbons (Fsp3) is 0.382. The topological polar surface area (TPSA) is 121 Å². The minimum absolute atomic E-state index is 0.144. The maximum Gasteiger partial charge on any atom is 0.407 e. The van der Waals surface area contributed by atoms with Gasteiger partial charge in [-0.2, -0.15) is 0 Å². The summed E-state index contributed by atoms with van der Waals surface area (Å²) in [5.74, 6) is -0.144. The first kappa shape index (κ1) is 35.7. The van der Waals surface area contributed by atoms with Crippen LogP contribution in [0.2, 0.25) is 10.0 Å². The molecule has 0 radical (unpaired) electrons. The summed E-state index contributed by atoms with van der Waals surface area (Å²) in [5, 5.41) is 15.8. The number of hydrogen-bond acceptors (Lipinski definition) is 5. The van der Waals surface area contributed by atoms with Crippen LogP contribution in [-0.2, 0) is 22.5 Å². The number of rotatable bonds is 15. The van der Waals surface area contributed by atoms with Gasteiger partial charge in [-0.1, -0.05) is 83.9 Å². The number of carbonyl (C=O) groups excluding carboxylic acids is 3. The minimum Gasteiger partial charge on any atom is -0.444 e. The summed E-state index contributed by atoms with van der Waals surface area (Å²) in [7, 11) is 0. The molecule has 11 heteroatoms. The van der Waals surface area contributed by atoms with E-state index in [1.165, 1.54) is 0 Å². The summed E-state index contributed by atoms with van der Waals surface area (Å²) in [6.07, 6.45) is 1.97. The third-order valence-corrected chi connectivity index (χ3v) is 7.21.